The third-order valence-corrected chi connectivity index (χ3v) is 6.23. The number of benzene rings is 2. The number of carbonyl (C=O) groups excluding carboxylic acids is 1. The van der Waals surface area contributed by atoms with Gasteiger partial charge in [0.05, 0.1) is 6.10 Å². The van der Waals surface area contributed by atoms with Crippen LogP contribution in [-0.2, 0) is 0 Å². The summed E-state index contributed by atoms with van der Waals surface area (Å²) in [5.74, 6) is 0.284. The van der Waals surface area contributed by atoms with Crippen LogP contribution in [0.1, 0.15) is 36.0 Å². The van der Waals surface area contributed by atoms with Crippen LogP contribution in [0.4, 0.5) is 0 Å². The molecule has 2 aliphatic rings. The zero-order valence-electron chi connectivity index (χ0n) is 14.9. The molecule has 2 saturated carbocycles. The molecular weight excluding hydrogens is 399 g/mol. The van der Waals surface area contributed by atoms with Crippen molar-refractivity contribution in [2.75, 3.05) is 0 Å². The third-order valence-electron chi connectivity index (χ3n) is 5.79. The van der Waals surface area contributed by atoms with Crippen LogP contribution in [0.5, 0.6) is 0 Å². The van der Waals surface area contributed by atoms with E-state index < -0.39 is 0 Å². The number of fused-ring (bicyclic) bond motifs is 1. The minimum atomic E-state index is -0.158. The summed E-state index contributed by atoms with van der Waals surface area (Å²) in [6.45, 7) is 0. The van der Waals surface area contributed by atoms with Gasteiger partial charge in [-0.2, -0.15) is 0 Å². The normalized spacial score (nSPS) is 26.1. The fourth-order valence-corrected chi connectivity index (χ4v) is 5.02. The molecule has 0 radical (unpaired) electrons. The smallest absolute Gasteiger partial charge is 0.251 e. The Balaban J connectivity index is 1.33. The van der Waals surface area contributed by atoms with E-state index in [-0.39, 0.29) is 23.5 Å². The molecule has 0 saturated heterocycles. The Labute approximate surface area is 171 Å². The molecule has 5 rings (SSSR count). The van der Waals surface area contributed by atoms with Crippen molar-refractivity contribution in [2.45, 2.75) is 37.8 Å². The number of aliphatic hydroxyl groups is 1. The minimum Gasteiger partial charge on any atom is -0.436 e. The van der Waals surface area contributed by atoms with Crippen LogP contribution < -0.4 is 5.32 Å². The number of carbonyl (C=O) groups is 1. The highest BCUT2D eigenvalue weighted by Gasteiger charge is 2.52. The predicted molar refractivity (Wildman–Crippen MR) is 108 cm³/mol. The lowest BCUT2D eigenvalue weighted by Gasteiger charge is -2.56. The molecule has 2 aliphatic carbocycles. The summed E-state index contributed by atoms with van der Waals surface area (Å²) in [6, 6.07) is 10.5. The molecule has 5 nitrogen and oxygen atoms in total. The van der Waals surface area contributed by atoms with Crippen LogP contribution in [0.25, 0.3) is 22.6 Å². The van der Waals surface area contributed by atoms with Gasteiger partial charge in [-0.3, -0.25) is 4.79 Å². The van der Waals surface area contributed by atoms with E-state index in [2.05, 4.69) is 10.3 Å². The molecule has 0 aliphatic heterocycles. The van der Waals surface area contributed by atoms with Gasteiger partial charge in [-0.05, 0) is 67.5 Å². The maximum Gasteiger partial charge on any atom is 0.251 e. The third kappa shape index (κ3) is 3.17. The molecule has 2 fully saturated rings. The van der Waals surface area contributed by atoms with Gasteiger partial charge in [0.25, 0.3) is 5.91 Å². The van der Waals surface area contributed by atoms with E-state index in [0.717, 1.165) is 25.7 Å². The summed E-state index contributed by atoms with van der Waals surface area (Å²) in [4.78, 5) is 17.0. The molecule has 2 N–H and O–H groups in total. The Kier molecular flexibility index (Phi) is 4.16. The minimum absolute atomic E-state index is 0.120. The molecule has 144 valence electrons. The highest BCUT2D eigenvalue weighted by molar-refractivity contribution is 6.35. The number of halogens is 2. The maximum atomic E-state index is 12.6. The Bertz CT molecular complexity index is 1060. The average Bonchev–Trinajstić information content (AvgIpc) is 3.01. The number of hydrogen-bond acceptors (Lipinski definition) is 4. The second-order valence-electron chi connectivity index (χ2n) is 8.00. The highest BCUT2D eigenvalue weighted by atomic mass is 35.5. The molecule has 2 aromatic carbocycles. The van der Waals surface area contributed by atoms with Gasteiger partial charge >= 0.3 is 0 Å². The lowest BCUT2D eigenvalue weighted by Crippen LogP contribution is -2.57. The summed E-state index contributed by atoms with van der Waals surface area (Å²) >= 11 is 12.1. The SMILES string of the molecule is O=C(NC1CC2(CC(O)C2)C1)c1ccc2nc(-c3cc(Cl)cc(Cl)c3)oc2c1. The predicted octanol–water partition coefficient (Wildman–Crippen LogP) is 4.83. The van der Waals surface area contributed by atoms with Crippen molar-refractivity contribution in [3.05, 3.63) is 52.0 Å². The van der Waals surface area contributed by atoms with Crippen molar-refractivity contribution < 1.29 is 14.3 Å². The molecular formula is C21H18Cl2N2O3. The van der Waals surface area contributed by atoms with Crippen LogP contribution in [0.15, 0.2) is 40.8 Å². The lowest BCUT2D eigenvalue weighted by atomic mass is 9.53. The van der Waals surface area contributed by atoms with Gasteiger partial charge in [-0.15, -0.1) is 0 Å². The molecule has 1 aromatic heterocycles. The zero-order valence-corrected chi connectivity index (χ0v) is 16.4. The Morgan fingerprint density at radius 1 is 1.11 bits per heavy atom. The monoisotopic (exact) mass is 416 g/mol. The van der Waals surface area contributed by atoms with Crippen molar-refractivity contribution in [1.82, 2.24) is 10.3 Å². The van der Waals surface area contributed by atoms with E-state index in [0.29, 0.717) is 38.2 Å². The van der Waals surface area contributed by atoms with Gasteiger partial charge in [0, 0.05) is 27.2 Å². The van der Waals surface area contributed by atoms with E-state index in [1.807, 2.05) is 0 Å². The highest BCUT2D eigenvalue weighted by Crippen LogP contribution is 2.55. The molecule has 1 amide bonds. The molecule has 3 aromatic rings. The number of nitrogens with one attached hydrogen (secondary N) is 1. The van der Waals surface area contributed by atoms with Gasteiger partial charge in [-0.25, -0.2) is 4.98 Å². The number of nitrogens with zero attached hydrogens (tertiary/aromatic N) is 1. The summed E-state index contributed by atoms with van der Waals surface area (Å²) in [6.07, 6.45) is 3.45. The Hall–Kier alpha value is -2.08. The summed E-state index contributed by atoms with van der Waals surface area (Å²) in [5.41, 5.74) is 2.68. The number of amides is 1. The molecule has 1 spiro atoms. The first-order chi connectivity index (χ1) is 13.4. The number of rotatable bonds is 3. The molecule has 28 heavy (non-hydrogen) atoms. The fraction of sp³-hybridized carbons (Fsp3) is 0.333. The van der Waals surface area contributed by atoms with Crippen LogP contribution >= 0.6 is 23.2 Å². The van der Waals surface area contributed by atoms with Crippen molar-refractivity contribution in [2.24, 2.45) is 5.41 Å². The second-order valence-corrected chi connectivity index (χ2v) is 8.87. The van der Waals surface area contributed by atoms with Gasteiger partial charge in [0.1, 0.15) is 5.52 Å². The number of hydrogen-bond donors (Lipinski definition) is 2. The van der Waals surface area contributed by atoms with E-state index in [9.17, 15) is 9.90 Å². The quantitative estimate of drug-likeness (QED) is 0.640. The maximum absolute atomic E-state index is 12.6. The standard InChI is InChI=1S/C21H18Cl2N2O3/c22-13-3-12(4-14(23)6-13)20-25-17-2-1-11(5-18(17)28-20)19(27)24-15-7-21(8-15)9-16(26)10-21/h1-6,15-16,26H,7-10H2,(H,24,27). The second kappa shape index (κ2) is 6.48. The van der Waals surface area contributed by atoms with E-state index >= 15 is 0 Å². The van der Waals surface area contributed by atoms with Gasteiger partial charge in [0.2, 0.25) is 5.89 Å². The molecule has 1 heterocycles. The van der Waals surface area contributed by atoms with E-state index in [4.69, 9.17) is 27.6 Å². The van der Waals surface area contributed by atoms with Crippen LogP contribution in [0, 0.1) is 5.41 Å². The summed E-state index contributed by atoms with van der Waals surface area (Å²) < 4.78 is 5.84. The number of aliphatic hydroxyl groups excluding tert-OH is 1. The number of aromatic nitrogens is 1. The van der Waals surface area contributed by atoms with Crippen LogP contribution in [-0.4, -0.2) is 28.1 Å². The first kappa shape index (κ1) is 18.0. The van der Waals surface area contributed by atoms with E-state index in [1.54, 1.807) is 36.4 Å². The largest absolute Gasteiger partial charge is 0.436 e. The van der Waals surface area contributed by atoms with Crippen molar-refractivity contribution in [3.8, 4) is 11.5 Å². The lowest BCUT2D eigenvalue weighted by molar-refractivity contribution is -0.0949. The first-order valence-electron chi connectivity index (χ1n) is 9.25. The topological polar surface area (TPSA) is 75.4 Å². The van der Waals surface area contributed by atoms with E-state index in [1.165, 1.54) is 0 Å². The Morgan fingerprint density at radius 3 is 2.50 bits per heavy atom. The molecule has 0 bridgehead atoms. The van der Waals surface area contributed by atoms with Gasteiger partial charge < -0.3 is 14.8 Å². The van der Waals surface area contributed by atoms with Crippen molar-refractivity contribution in [1.29, 1.82) is 0 Å². The Morgan fingerprint density at radius 2 is 1.82 bits per heavy atom. The molecule has 7 heteroatoms. The fourth-order valence-electron chi connectivity index (χ4n) is 4.50. The van der Waals surface area contributed by atoms with Gasteiger partial charge in [0.15, 0.2) is 5.58 Å². The van der Waals surface area contributed by atoms with Crippen molar-refractivity contribution in [3.63, 3.8) is 0 Å². The van der Waals surface area contributed by atoms with Crippen LogP contribution in [0.3, 0.4) is 0 Å². The number of oxazole rings is 1. The van der Waals surface area contributed by atoms with Gasteiger partial charge in [-0.1, -0.05) is 23.2 Å². The summed E-state index contributed by atoms with van der Waals surface area (Å²) in [7, 11) is 0. The average molecular weight is 417 g/mol. The zero-order chi connectivity index (χ0) is 19.5. The molecule has 0 atom stereocenters. The summed E-state index contributed by atoms with van der Waals surface area (Å²) in [5, 5.41) is 13.6. The van der Waals surface area contributed by atoms with Crippen LogP contribution in [0.2, 0.25) is 10.0 Å². The first-order valence-corrected chi connectivity index (χ1v) is 10.0. The van der Waals surface area contributed by atoms with Crippen molar-refractivity contribution >= 4 is 40.2 Å². The molecule has 0 unspecified atom stereocenters.